The Balaban J connectivity index is 2.91. The molecule has 2 aromatic rings. The van der Waals surface area contributed by atoms with Crippen LogP contribution in [-0.4, -0.2) is 14.1 Å². The van der Waals surface area contributed by atoms with E-state index in [1.165, 1.54) is 0 Å². The Morgan fingerprint density at radius 2 is 1.87 bits per heavy atom. The summed E-state index contributed by atoms with van der Waals surface area (Å²) in [5.74, 6) is 0.656. The van der Waals surface area contributed by atoms with E-state index in [2.05, 4.69) is 0 Å². The van der Waals surface area contributed by atoms with E-state index in [9.17, 15) is 4.79 Å². The van der Waals surface area contributed by atoms with E-state index in [1.54, 1.807) is 11.0 Å². The number of hydrogen-bond donors (Lipinski definition) is 0. The van der Waals surface area contributed by atoms with E-state index in [0.717, 1.165) is 0 Å². The van der Waals surface area contributed by atoms with Gasteiger partial charge < -0.3 is 9.32 Å². The van der Waals surface area contributed by atoms with Gasteiger partial charge in [-0.2, -0.15) is 0 Å². The molecule has 2 rings (SSSR count). The summed E-state index contributed by atoms with van der Waals surface area (Å²) in [7, 11) is 3.68. The molecule has 0 saturated heterocycles. The number of rotatable bonds is 1. The van der Waals surface area contributed by atoms with Crippen LogP contribution in [-0.2, 0) is 0 Å². The number of hydrogen-bond acceptors (Lipinski definition) is 3. The number of nitrogens with zero attached hydrogens (tertiary/aromatic N) is 1. The van der Waals surface area contributed by atoms with Crippen molar-refractivity contribution in [2.75, 3.05) is 19.0 Å². The lowest BCUT2D eigenvalue weighted by atomic mass is 10.2. The summed E-state index contributed by atoms with van der Waals surface area (Å²) in [6.45, 7) is 1.81. The van der Waals surface area contributed by atoms with Gasteiger partial charge >= 0.3 is 0 Å². The zero-order valence-corrected chi connectivity index (χ0v) is 9.07. The number of para-hydroxylation sites is 1. The van der Waals surface area contributed by atoms with E-state index in [0.29, 0.717) is 22.4 Å². The molecule has 1 aromatic heterocycles. The Morgan fingerprint density at radius 1 is 1.20 bits per heavy atom. The van der Waals surface area contributed by atoms with Crippen LogP contribution in [0.4, 0.5) is 5.69 Å². The van der Waals surface area contributed by atoms with Gasteiger partial charge in [0.25, 0.3) is 0 Å². The van der Waals surface area contributed by atoms with Gasteiger partial charge in [0.2, 0.25) is 5.43 Å². The SMILES string of the molecule is Cc1oc2ccccc2c(=O)c1N(C)C. The Bertz CT molecular complexity index is 555. The molecule has 1 aromatic carbocycles. The fraction of sp³-hybridized carbons (Fsp3) is 0.250. The minimum absolute atomic E-state index is 0.0272. The molecule has 0 unspecified atom stereocenters. The van der Waals surface area contributed by atoms with Crippen LogP contribution < -0.4 is 10.3 Å². The summed E-state index contributed by atoms with van der Waals surface area (Å²) in [5, 5.41) is 0.631. The summed E-state index contributed by atoms with van der Waals surface area (Å²) >= 11 is 0. The summed E-state index contributed by atoms with van der Waals surface area (Å²) in [6.07, 6.45) is 0. The molecule has 3 heteroatoms. The molecule has 0 fully saturated rings. The number of fused-ring (bicyclic) bond motifs is 1. The van der Waals surface area contributed by atoms with Crippen molar-refractivity contribution in [2.24, 2.45) is 0 Å². The Morgan fingerprint density at radius 3 is 2.53 bits per heavy atom. The van der Waals surface area contributed by atoms with Crippen LogP contribution in [0.3, 0.4) is 0 Å². The Kier molecular flexibility index (Phi) is 2.23. The minimum Gasteiger partial charge on any atom is -0.459 e. The number of benzene rings is 1. The van der Waals surface area contributed by atoms with Crippen LogP contribution in [0.2, 0.25) is 0 Å². The van der Waals surface area contributed by atoms with Crippen molar-refractivity contribution < 1.29 is 4.42 Å². The molecule has 3 nitrogen and oxygen atoms in total. The van der Waals surface area contributed by atoms with Gasteiger partial charge in [-0.15, -0.1) is 0 Å². The largest absolute Gasteiger partial charge is 0.459 e. The molecule has 0 atom stereocenters. The van der Waals surface area contributed by atoms with Gasteiger partial charge in [0.05, 0.1) is 5.39 Å². The fourth-order valence-electron chi connectivity index (χ4n) is 1.76. The van der Waals surface area contributed by atoms with Gasteiger partial charge in [-0.1, -0.05) is 12.1 Å². The smallest absolute Gasteiger partial charge is 0.216 e. The lowest BCUT2D eigenvalue weighted by Gasteiger charge is -2.14. The van der Waals surface area contributed by atoms with Crippen molar-refractivity contribution in [3.05, 3.63) is 40.2 Å². The van der Waals surface area contributed by atoms with Crippen molar-refractivity contribution in [3.63, 3.8) is 0 Å². The van der Waals surface area contributed by atoms with Gasteiger partial charge in [0.1, 0.15) is 17.0 Å². The van der Waals surface area contributed by atoms with Crippen LogP contribution >= 0.6 is 0 Å². The van der Waals surface area contributed by atoms with Gasteiger partial charge in [-0.25, -0.2) is 0 Å². The van der Waals surface area contributed by atoms with Crippen LogP contribution in [0.15, 0.2) is 33.5 Å². The third-order valence-corrected chi connectivity index (χ3v) is 2.39. The lowest BCUT2D eigenvalue weighted by Crippen LogP contribution is -2.20. The van der Waals surface area contributed by atoms with Crippen molar-refractivity contribution in [1.82, 2.24) is 0 Å². The molecule has 0 spiro atoms. The molecule has 0 bridgehead atoms. The zero-order valence-electron chi connectivity index (χ0n) is 9.07. The number of anilines is 1. The van der Waals surface area contributed by atoms with E-state index < -0.39 is 0 Å². The third kappa shape index (κ3) is 1.50. The van der Waals surface area contributed by atoms with Crippen LogP contribution in [0, 0.1) is 6.92 Å². The first-order valence-corrected chi connectivity index (χ1v) is 4.81. The van der Waals surface area contributed by atoms with Gasteiger partial charge in [-0.05, 0) is 19.1 Å². The van der Waals surface area contributed by atoms with E-state index in [4.69, 9.17) is 4.42 Å². The second-order valence-corrected chi connectivity index (χ2v) is 3.73. The van der Waals surface area contributed by atoms with Gasteiger partial charge in [0, 0.05) is 14.1 Å². The van der Waals surface area contributed by atoms with Crippen molar-refractivity contribution in [2.45, 2.75) is 6.92 Å². The second kappa shape index (κ2) is 3.42. The molecule has 0 aliphatic heterocycles. The summed E-state index contributed by atoms with van der Waals surface area (Å²) < 4.78 is 5.59. The molecule has 0 saturated carbocycles. The van der Waals surface area contributed by atoms with Crippen molar-refractivity contribution in [1.29, 1.82) is 0 Å². The normalized spacial score (nSPS) is 10.6. The summed E-state index contributed by atoms with van der Waals surface area (Å²) in [6, 6.07) is 7.30. The first-order chi connectivity index (χ1) is 7.11. The van der Waals surface area contributed by atoms with E-state index >= 15 is 0 Å². The monoisotopic (exact) mass is 203 g/mol. The maximum atomic E-state index is 12.1. The minimum atomic E-state index is 0.0272. The average molecular weight is 203 g/mol. The first-order valence-electron chi connectivity index (χ1n) is 4.81. The highest BCUT2D eigenvalue weighted by molar-refractivity contribution is 5.80. The Labute approximate surface area is 87.9 Å². The van der Waals surface area contributed by atoms with E-state index in [1.807, 2.05) is 39.2 Å². The van der Waals surface area contributed by atoms with Crippen molar-refractivity contribution in [3.8, 4) is 0 Å². The molecule has 0 aliphatic rings. The zero-order chi connectivity index (χ0) is 11.0. The van der Waals surface area contributed by atoms with Crippen LogP contribution in [0.1, 0.15) is 5.76 Å². The molecular formula is C12H13NO2. The quantitative estimate of drug-likeness (QED) is 0.712. The predicted octanol–water partition coefficient (Wildman–Crippen LogP) is 2.17. The topological polar surface area (TPSA) is 33.5 Å². The first kappa shape index (κ1) is 9.77. The molecular weight excluding hydrogens is 190 g/mol. The van der Waals surface area contributed by atoms with Crippen LogP contribution in [0.5, 0.6) is 0 Å². The third-order valence-electron chi connectivity index (χ3n) is 2.39. The molecule has 0 amide bonds. The van der Waals surface area contributed by atoms with Crippen molar-refractivity contribution >= 4 is 16.7 Å². The lowest BCUT2D eigenvalue weighted by molar-refractivity contribution is 0.564. The molecule has 78 valence electrons. The Hall–Kier alpha value is -1.77. The second-order valence-electron chi connectivity index (χ2n) is 3.73. The maximum Gasteiger partial charge on any atom is 0.216 e. The number of aryl methyl sites for hydroxylation is 1. The predicted molar refractivity (Wildman–Crippen MR) is 61.5 cm³/mol. The molecule has 1 heterocycles. The molecule has 0 N–H and O–H groups in total. The standard InChI is InChI=1S/C12H13NO2/c1-8-11(13(2)3)12(14)9-6-4-5-7-10(9)15-8/h4-7H,1-3H3. The van der Waals surface area contributed by atoms with Crippen LogP contribution in [0.25, 0.3) is 11.0 Å². The average Bonchev–Trinajstić information content (AvgIpc) is 2.17. The fourth-order valence-corrected chi connectivity index (χ4v) is 1.76. The highest BCUT2D eigenvalue weighted by Gasteiger charge is 2.11. The maximum absolute atomic E-state index is 12.1. The van der Waals surface area contributed by atoms with Gasteiger partial charge in [-0.3, -0.25) is 4.79 Å². The highest BCUT2D eigenvalue weighted by atomic mass is 16.3. The summed E-state index contributed by atoms with van der Waals surface area (Å²) in [5.41, 5.74) is 1.29. The highest BCUT2D eigenvalue weighted by Crippen LogP contribution is 2.19. The van der Waals surface area contributed by atoms with Gasteiger partial charge in [0.15, 0.2) is 0 Å². The molecule has 0 aliphatic carbocycles. The van der Waals surface area contributed by atoms with E-state index in [-0.39, 0.29) is 5.43 Å². The molecule has 0 radical (unpaired) electrons. The molecule has 15 heavy (non-hydrogen) atoms. The summed E-state index contributed by atoms with van der Waals surface area (Å²) in [4.78, 5) is 13.9.